The standard InChI is InChI=1S/C20H23NO5/c21-11-16-17(24-12-14-7-3-1-4-8-14)18(19(26-16)20(22)23)25-13-15-9-5-2-6-10-15/h1-10,16-19H,11-13,21H2,(H,22,23)/t16-,17-,18+,19-/m1/s1. The van der Waals surface area contributed by atoms with E-state index >= 15 is 0 Å². The Morgan fingerprint density at radius 2 is 1.42 bits per heavy atom. The minimum atomic E-state index is -1.10. The van der Waals surface area contributed by atoms with Crippen LogP contribution in [-0.4, -0.2) is 42.0 Å². The molecular formula is C20H23NO5. The van der Waals surface area contributed by atoms with Crippen LogP contribution in [0.15, 0.2) is 60.7 Å². The molecule has 2 aromatic carbocycles. The first-order valence-electron chi connectivity index (χ1n) is 8.58. The number of nitrogens with two attached hydrogens (primary N) is 1. The van der Waals surface area contributed by atoms with Gasteiger partial charge in [0.05, 0.1) is 19.3 Å². The van der Waals surface area contributed by atoms with Gasteiger partial charge in [0.25, 0.3) is 0 Å². The van der Waals surface area contributed by atoms with E-state index in [2.05, 4.69) is 0 Å². The smallest absolute Gasteiger partial charge is 0.335 e. The molecule has 0 bridgehead atoms. The number of rotatable bonds is 8. The van der Waals surface area contributed by atoms with Gasteiger partial charge >= 0.3 is 5.97 Å². The fourth-order valence-electron chi connectivity index (χ4n) is 3.03. The fourth-order valence-corrected chi connectivity index (χ4v) is 3.03. The summed E-state index contributed by atoms with van der Waals surface area (Å²) in [5.74, 6) is -1.08. The molecular weight excluding hydrogens is 334 g/mol. The Labute approximate surface area is 152 Å². The van der Waals surface area contributed by atoms with E-state index in [0.717, 1.165) is 11.1 Å². The molecule has 6 heteroatoms. The summed E-state index contributed by atoms with van der Waals surface area (Å²) in [6.07, 6.45) is -2.91. The first-order valence-corrected chi connectivity index (χ1v) is 8.58. The molecule has 6 nitrogen and oxygen atoms in total. The molecule has 0 spiro atoms. The van der Waals surface area contributed by atoms with Crippen LogP contribution in [0.2, 0.25) is 0 Å². The molecule has 0 unspecified atom stereocenters. The van der Waals surface area contributed by atoms with Crippen molar-refractivity contribution in [2.45, 2.75) is 37.6 Å². The van der Waals surface area contributed by atoms with Gasteiger partial charge < -0.3 is 25.1 Å². The molecule has 1 saturated heterocycles. The lowest BCUT2D eigenvalue weighted by Crippen LogP contribution is -2.41. The normalized spacial score (nSPS) is 25.3. The van der Waals surface area contributed by atoms with Crippen molar-refractivity contribution in [1.82, 2.24) is 0 Å². The van der Waals surface area contributed by atoms with Crippen LogP contribution in [0, 0.1) is 0 Å². The van der Waals surface area contributed by atoms with Crippen molar-refractivity contribution in [1.29, 1.82) is 0 Å². The minimum absolute atomic E-state index is 0.161. The van der Waals surface area contributed by atoms with E-state index in [-0.39, 0.29) is 13.2 Å². The largest absolute Gasteiger partial charge is 0.479 e. The van der Waals surface area contributed by atoms with Crippen molar-refractivity contribution in [3.63, 3.8) is 0 Å². The zero-order valence-electron chi connectivity index (χ0n) is 14.4. The molecule has 0 aromatic heterocycles. The third kappa shape index (κ3) is 4.47. The SMILES string of the molecule is NC[C@H]1O[C@@H](C(=O)O)[C@@H](OCc2ccccc2)[C@@H]1OCc1ccccc1. The summed E-state index contributed by atoms with van der Waals surface area (Å²) < 4.78 is 17.5. The Kier molecular flexibility index (Phi) is 6.35. The lowest BCUT2D eigenvalue weighted by Gasteiger charge is -2.24. The number of hydrogen-bond acceptors (Lipinski definition) is 5. The van der Waals surface area contributed by atoms with Crippen LogP contribution in [0.25, 0.3) is 0 Å². The number of carboxylic acids is 1. The average Bonchev–Trinajstić information content (AvgIpc) is 3.04. The molecule has 0 aliphatic carbocycles. The van der Waals surface area contributed by atoms with Crippen molar-refractivity contribution < 1.29 is 24.1 Å². The van der Waals surface area contributed by atoms with Crippen LogP contribution in [0.4, 0.5) is 0 Å². The van der Waals surface area contributed by atoms with Crippen molar-refractivity contribution in [3.05, 3.63) is 71.8 Å². The highest BCUT2D eigenvalue weighted by Gasteiger charge is 2.49. The second kappa shape index (κ2) is 8.91. The van der Waals surface area contributed by atoms with Gasteiger partial charge in [0.1, 0.15) is 12.2 Å². The second-order valence-corrected chi connectivity index (χ2v) is 6.19. The summed E-state index contributed by atoms with van der Waals surface area (Å²) in [7, 11) is 0. The van der Waals surface area contributed by atoms with Gasteiger partial charge in [0.15, 0.2) is 6.10 Å². The van der Waals surface area contributed by atoms with Crippen molar-refractivity contribution in [2.75, 3.05) is 6.54 Å². The summed E-state index contributed by atoms with van der Waals surface area (Å²) in [5, 5.41) is 9.50. The maximum Gasteiger partial charge on any atom is 0.335 e. The summed E-state index contributed by atoms with van der Waals surface area (Å²) in [6, 6.07) is 19.2. The number of aliphatic carboxylic acids is 1. The molecule has 1 aliphatic heterocycles. The van der Waals surface area contributed by atoms with Crippen LogP contribution in [0.5, 0.6) is 0 Å². The van der Waals surface area contributed by atoms with Crippen molar-refractivity contribution in [2.24, 2.45) is 5.73 Å². The molecule has 1 fully saturated rings. The van der Waals surface area contributed by atoms with Crippen LogP contribution in [-0.2, 0) is 32.2 Å². The van der Waals surface area contributed by atoms with Gasteiger partial charge in [-0.3, -0.25) is 0 Å². The fraction of sp³-hybridized carbons (Fsp3) is 0.350. The Morgan fingerprint density at radius 3 is 1.88 bits per heavy atom. The van der Waals surface area contributed by atoms with Gasteiger partial charge in [0.2, 0.25) is 0 Å². The monoisotopic (exact) mass is 357 g/mol. The van der Waals surface area contributed by atoms with Gasteiger partial charge in [-0.05, 0) is 11.1 Å². The summed E-state index contributed by atoms with van der Waals surface area (Å²) in [6.45, 7) is 0.776. The summed E-state index contributed by atoms with van der Waals surface area (Å²) >= 11 is 0. The maximum absolute atomic E-state index is 11.6. The van der Waals surface area contributed by atoms with Gasteiger partial charge in [0, 0.05) is 6.54 Å². The zero-order valence-corrected chi connectivity index (χ0v) is 14.4. The van der Waals surface area contributed by atoms with Crippen molar-refractivity contribution in [3.8, 4) is 0 Å². The molecule has 0 amide bonds. The molecule has 1 aliphatic rings. The zero-order chi connectivity index (χ0) is 18.4. The number of hydrogen-bond donors (Lipinski definition) is 2. The number of benzene rings is 2. The maximum atomic E-state index is 11.6. The van der Waals surface area contributed by atoms with E-state index in [1.54, 1.807) is 0 Å². The van der Waals surface area contributed by atoms with Gasteiger partial charge in [-0.25, -0.2) is 4.79 Å². The van der Waals surface area contributed by atoms with Crippen LogP contribution in [0.3, 0.4) is 0 Å². The van der Waals surface area contributed by atoms with E-state index in [1.807, 2.05) is 60.7 Å². The summed E-state index contributed by atoms with van der Waals surface area (Å²) in [4.78, 5) is 11.6. The van der Waals surface area contributed by atoms with Crippen molar-refractivity contribution >= 4 is 5.97 Å². The second-order valence-electron chi connectivity index (χ2n) is 6.19. The molecule has 3 N–H and O–H groups in total. The van der Waals surface area contributed by atoms with Gasteiger partial charge in [-0.1, -0.05) is 60.7 Å². The molecule has 2 aromatic rings. The molecule has 0 saturated carbocycles. The molecule has 3 rings (SSSR count). The topological polar surface area (TPSA) is 91.0 Å². The van der Waals surface area contributed by atoms with Gasteiger partial charge in [-0.15, -0.1) is 0 Å². The summed E-state index contributed by atoms with van der Waals surface area (Å²) in [5.41, 5.74) is 7.71. The van der Waals surface area contributed by atoms with E-state index in [1.165, 1.54) is 0 Å². The lowest BCUT2D eigenvalue weighted by molar-refractivity contribution is -0.156. The Hall–Kier alpha value is -2.25. The highest BCUT2D eigenvalue weighted by atomic mass is 16.6. The Bertz CT molecular complexity index is 694. The minimum Gasteiger partial charge on any atom is -0.479 e. The van der Waals surface area contributed by atoms with Crippen LogP contribution in [0.1, 0.15) is 11.1 Å². The third-order valence-corrected chi connectivity index (χ3v) is 4.36. The van der Waals surface area contributed by atoms with Crippen LogP contribution >= 0.6 is 0 Å². The molecule has 26 heavy (non-hydrogen) atoms. The van der Waals surface area contributed by atoms with Crippen LogP contribution < -0.4 is 5.73 Å². The highest BCUT2D eigenvalue weighted by Crippen LogP contribution is 2.28. The average molecular weight is 357 g/mol. The number of carbonyl (C=O) groups is 1. The molecule has 4 atom stereocenters. The predicted octanol–water partition coefficient (Wildman–Crippen LogP) is 1.97. The first kappa shape index (κ1) is 18.5. The Morgan fingerprint density at radius 1 is 0.923 bits per heavy atom. The first-order chi connectivity index (χ1) is 12.7. The number of carboxylic acid groups (broad SMARTS) is 1. The molecule has 0 radical (unpaired) electrons. The van der Waals surface area contributed by atoms with E-state index in [4.69, 9.17) is 19.9 Å². The molecule has 138 valence electrons. The predicted molar refractivity (Wildman–Crippen MR) is 95.4 cm³/mol. The van der Waals surface area contributed by atoms with E-state index < -0.39 is 30.4 Å². The lowest BCUT2D eigenvalue weighted by atomic mass is 10.1. The third-order valence-electron chi connectivity index (χ3n) is 4.36. The molecule has 1 heterocycles. The van der Waals surface area contributed by atoms with E-state index in [0.29, 0.717) is 6.61 Å². The van der Waals surface area contributed by atoms with Gasteiger partial charge in [-0.2, -0.15) is 0 Å². The van der Waals surface area contributed by atoms with E-state index in [9.17, 15) is 9.90 Å². The number of ether oxygens (including phenoxy) is 3. The Balaban J connectivity index is 1.71. The highest BCUT2D eigenvalue weighted by molar-refractivity contribution is 5.73. The quantitative estimate of drug-likeness (QED) is 0.751.